The van der Waals surface area contributed by atoms with Crippen molar-refractivity contribution >= 4 is 17.3 Å². The number of rotatable bonds is 7. The number of benzene rings is 2. The molecule has 4 rings (SSSR count). The van der Waals surface area contributed by atoms with Gasteiger partial charge in [0.25, 0.3) is 0 Å². The molecule has 8 heteroatoms. The molecule has 1 aliphatic rings. The van der Waals surface area contributed by atoms with Crippen LogP contribution in [0.1, 0.15) is 43.0 Å². The normalized spacial score (nSPS) is 15.1. The van der Waals surface area contributed by atoms with Crippen molar-refractivity contribution in [1.29, 1.82) is 5.26 Å². The van der Waals surface area contributed by atoms with Gasteiger partial charge in [-0.3, -0.25) is 9.69 Å². The van der Waals surface area contributed by atoms with Gasteiger partial charge < -0.3 is 9.84 Å². The number of nitriles is 1. The van der Waals surface area contributed by atoms with Crippen LogP contribution in [0.25, 0.3) is 21.1 Å². The Morgan fingerprint density at radius 2 is 2.09 bits per heavy atom. The quantitative estimate of drug-likeness (QED) is 0.567. The summed E-state index contributed by atoms with van der Waals surface area (Å²) in [6, 6.07) is 13.9. The molecule has 7 nitrogen and oxygen atoms in total. The van der Waals surface area contributed by atoms with Crippen LogP contribution in [-0.2, 0) is 11.2 Å². The van der Waals surface area contributed by atoms with Crippen LogP contribution in [0.15, 0.2) is 36.4 Å². The van der Waals surface area contributed by atoms with E-state index in [0.29, 0.717) is 11.3 Å². The van der Waals surface area contributed by atoms with Crippen molar-refractivity contribution in [3.05, 3.63) is 53.1 Å². The van der Waals surface area contributed by atoms with E-state index in [9.17, 15) is 10.1 Å². The number of carboxylic acids is 1. The molecule has 0 radical (unpaired) electrons. The van der Waals surface area contributed by atoms with Gasteiger partial charge in [-0.2, -0.15) is 5.26 Å². The molecule has 1 aromatic heterocycles. The first-order valence-electron chi connectivity index (χ1n) is 10.5. The second-order valence-corrected chi connectivity index (χ2v) is 9.12. The van der Waals surface area contributed by atoms with Gasteiger partial charge in [-0.1, -0.05) is 29.5 Å². The molecule has 1 atom stereocenters. The number of hydrogen-bond acceptors (Lipinski definition) is 7. The second kappa shape index (κ2) is 9.07. The van der Waals surface area contributed by atoms with E-state index in [2.05, 4.69) is 22.3 Å². The lowest BCUT2D eigenvalue weighted by Gasteiger charge is -2.23. The Morgan fingerprint density at radius 1 is 1.31 bits per heavy atom. The van der Waals surface area contributed by atoms with E-state index < -0.39 is 5.97 Å². The highest BCUT2D eigenvalue weighted by Gasteiger charge is 2.29. The number of hydrogen-bond donors (Lipinski definition) is 1. The van der Waals surface area contributed by atoms with E-state index in [4.69, 9.17) is 9.84 Å². The van der Waals surface area contributed by atoms with Crippen LogP contribution < -0.4 is 4.74 Å². The van der Waals surface area contributed by atoms with Crippen LogP contribution in [0, 0.1) is 11.3 Å². The molecule has 1 N–H and O–H groups in total. The third kappa shape index (κ3) is 4.35. The Morgan fingerprint density at radius 3 is 2.81 bits per heavy atom. The summed E-state index contributed by atoms with van der Waals surface area (Å²) in [5.74, 6) is -0.263. The first-order valence-corrected chi connectivity index (χ1v) is 11.3. The molecule has 32 heavy (non-hydrogen) atoms. The maximum absolute atomic E-state index is 11.1. The molecule has 0 unspecified atom stereocenters. The smallest absolute Gasteiger partial charge is 0.317 e. The second-order valence-electron chi connectivity index (χ2n) is 8.14. The number of carbonyl (C=O) groups is 1. The van der Waals surface area contributed by atoms with Gasteiger partial charge in [0.15, 0.2) is 0 Å². The lowest BCUT2D eigenvalue weighted by atomic mass is 10.0. The Kier molecular flexibility index (Phi) is 6.21. The Bertz CT molecular complexity index is 1200. The summed E-state index contributed by atoms with van der Waals surface area (Å²) in [5, 5.41) is 29.0. The van der Waals surface area contributed by atoms with Gasteiger partial charge >= 0.3 is 5.97 Å². The molecule has 164 valence electrons. The summed E-state index contributed by atoms with van der Waals surface area (Å²) in [4.78, 5) is 13.0. The van der Waals surface area contributed by atoms with Crippen LogP contribution >= 0.6 is 11.3 Å². The molecule has 0 saturated carbocycles. The van der Waals surface area contributed by atoms with Crippen LogP contribution in [-0.4, -0.2) is 45.9 Å². The van der Waals surface area contributed by atoms with Gasteiger partial charge in [0.1, 0.15) is 21.8 Å². The molecule has 2 aromatic carbocycles. The number of nitrogens with zero attached hydrogens (tertiary/aromatic N) is 4. The monoisotopic (exact) mass is 448 g/mol. The Hall–Kier alpha value is -3.28. The van der Waals surface area contributed by atoms with Crippen molar-refractivity contribution < 1.29 is 14.6 Å². The summed E-state index contributed by atoms with van der Waals surface area (Å²) in [6.45, 7) is 3.86. The predicted octanol–water partition coefficient (Wildman–Crippen LogP) is 4.53. The molecule has 0 bridgehead atoms. The van der Waals surface area contributed by atoms with Gasteiger partial charge in [-0.15, -0.1) is 10.2 Å². The molecule has 0 saturated heterocycles. The average molecular weight is 449 g/mol. The number of likely N-dealkylation sites (N-methyl/N-ethyl adjacent to an activating group) is 1. The summed E-state index contributed by atoms with van der Waals surface area (Å²) in [5.41, 5.74) is 4.70. The third-order valence-electron chi connectivity index (χ3n) is 5.52. The summed E-state index contributed by atoms with van der Waals surface area (Å²) in [6.07, 6.45) is 1.74. The van der Waals surface area contributed by atoms with Crippen LogP contribution in [0.2, 0.25) is 0 Å². The largest absolute Gasteiger partial charge is 0.490 e. The minimum absolute atomic E-state index is 0.00896. The highest BCUT2D eigenvalue weighted by Crippen LogP contribution is 2.42. The van der Waals surface area contributed by atoms with Gasteiger partial charge in [0, 0.05) is 17.2 Å². The van der Waals surface area contributed by atoms with Gasteiger partial charge in [-0.05, 0) is 63.1 Å². The van der Waals surface area contributed by atoms with E-state index in [1.54, 1.807) is 12.1 Å². The Labute approximate surface area is 190 Å². The van der Waals surface area contributed by atoms with Crippen molar-refractivity contribution in [2.75, 3.05) is 13.6 Å². The first kappa shape index (κ1) is 21.9. The fraction of sp³-hybridized carbons (Fsp3) is 0.333. The highest BCUT2D eigenvalue weighted by molar-refractivity contribution is 7.17. The van der Waals surface area contributed by atoms with E-state index in [1.165, 1.54) is 16.9 Å². The molecule has 1 aliphatic carbocycles. The molecule has 0 spiro atoms. The van der Waals surface area contributed by atoms with Crippen molar-refractivity contribution in [2.24, 2.45) is 0 Å². The molecular formula is C24H24N4O3S. The molecule has 0 amide bonds. The zero-order valence-electron chi connectivity index (χ0n) is 18.2. The molecule has 3 aromatic rings. The van der Waals surface area contributed by atoms with Crippen LogP contribution in [0.3, 0.4) is 0 Å². The number of fused-ring (bicyclic) bond motifs is 1. The predicted molar refractivity (Wildman–Crippen MR) is 123 cm³/mol. The number of carboxylic acid groups (broad SMARTS) is 1. The van der Waals surface area contributed by atoms with Crippen molar-refractivity contribution in [3.63, 3.8) is 0 Å². The number of aliphatic carboxylic acids is 1. The van der Waals surface area contributed by atoms with Crippen molar-refractivity contribution in [3.8, 4) is 33.0 Å². The van der Waals surface area contributed by atoms with Gasteiger partial charge in [0.05, 0.1) is 18.2 Å². The molecule has 0 aliphatic heterocycles. The highest BCUT2D eigenvalue weighted by atomic mass is 32.1. The van der Waals surface area contributed by atoms with E-state index in [0.717, 1.165) is 39.5 Å². The third-order valence-corrected chi connectivity index (χ3v) is 6.53. The van der Waals surface area contributed by atoms with Crippen LogP contribution in [0.4, 0.5) is 0 Å². The number of aromatic nitrogens is 2. The average Bonchev–Trinajstić information content (AvgIpc) is 3.40. The van der Waals surface area contributed by atoms with Gasteiger partial charge in [-0.25, -0.2) is 0 Å². The fourth-order valence-electron chi connectivity index (χ4n) is 4.17. The lowest BCUT2D eigenvalue weighted by Crippen LogP contribution is -2.28. The maximum Gasteiger partial charge on any atom is 0.317 e. The van der Waals surface area contributed by atoms with E-state index >= 15 is 0 Å². The van der Waals surface area contributed by atoms with Gasteiger partial charge in [0.2, 0.25) is 0 Å². The minimum atomic E-state index is -0.826. The lowest BCUT2D eigenvalue weighted by molar-refractivity contribution is -0.138. The summed E-state index contributed by atoms with van der Waals surface area (Å²) >= 11 is 1.48. The molecule has 1 heterocycles. The zero-order valence-corrected chi connectivity index (χ0v) is 19.0. The number of ether oxygens (including phenoxy) is 1. The topological polar surface area (TPSA) is 99.3 Å². The zero-order chi connectivity index (χ0) is 22.8. The van der Waals surface area contributed by atoms with E-state index in [1.807, 2.05) is 44.0 Å². The fourth-order valence-corrected chi connectivity index (χ4v) is 5.06. The van der Waals surface area contributed by atoms with E-state index in [-0.39, 0.29) is 18.7 Å². The molecular weight excluding hydrogens is 424 g/mol. The SMILES string of the molecule is CC(C)Oc1ccc(-c2nnc(-c3cccc4c3CC[C@@H]4N(C)CC(=O)O)s2)cc1C#N. The standard InChI is InChI=1S/C24H24N4O3S/c1-14(2)31-21-10-7-15(11-16(21)12-25)23-26-27-24(32-23)19-6-4-5-18-17(19)8-9-20(18)28(3)13-22(29)30/h4-7,10-11,14,20H,8-9,13H2,1-3H3,(H,29,30)/t20-/m0/s1. The van der Waals surface area contributed by atoms with Crippen molar-refractivity contribution in [1.82, 2.24) is 15.1 Å². The maximum atomic E-state index is 11.1. The molecule has 0 fully saturated rings. The van der Waals surface area contributed by atoms with Crippen molar-refractivity contribution in [2.45, 2.75) is 38.8 Å². The summed E-state index contributed by atoms with van der Waals surface area (Å²) in [7, 11) is 1.85. The first-order chi connectivity index (χ1) is 15.4. The minimum Gasteiger partial charge on any atom is -0.490 e. The Balaban J connectivity index is 1.64. The van der Waals surface area contributed by atoms with Crippen LogP contribution in [0.5, 0.6) is 5.75 Å². The summed E-state index contributed by atoms with van der Waals surface area (Å²) < 4.78 is 5.71.